The summed E-state index contributed by atoms with van der Waals surface area (Å²) in [5.41, 5.74) is 1.87. The molecule has 32 heavy (non-hydrogen) atoms. The van der Waals surface area contributed by atoms with Gasteiger partial charge in [-0.1, -0.05) is 46.8 Å². The molecule has 0 saturated carbocycles. The average Bonchev–Trinajstić information content (AvgIpc) is 3.15. The van der Waals surface area contributed by atoms with E-state index in [1.165, 1.54) is 0 Å². The van der Waals surface area contributed by atoms with E-state index in [4.69, 9.17) is 4.74 Å². The average molecular weight is 459 g/mol. The van der Waals surface area contributed by atoms with Crippen LogP contribution in [0.5, 0.6) is 5.88 Å². The minimum absolute atomic E-state index is 0.00827. The standard InChI is InChI=1S/C24H34N4O3S/c1-17(2)22-13-26-23(14-25-22)31-20-12-19-15-28(10-9-27(19)16-20)32(29,30)21-8-6-7-18(11-21)24(3,4)5/h6-8,11,13-14,17,19-20H,9-10,12,15-16H2,1-5H3/t19-,20-/m0/s1. The Morgan fingerprint density at radius 3 is 2.53 bits per heavy atom. The van der Waals surface area contributed by atoms with E-state index >= 15 is 0 Å². The van der Waals surface area contributed by atoms with Crippen molar-refractivity contribution < 1.29 is 13.2 Å². The number of aromatic nitrogens is 2. The lowest BCUT2D eigenvalue weighted by Gasteiger charge is -2.36. The summed E-state index contributed by atoms with van der Waals surface area (Å²) in [4.78, 5) is 11.5. The lowest BCUT2D eigenvalue weighted by molar-refractivity contribution is 0.151. The van der Waals surface area contributed by atoms with Crippen LogP contribution in [0.1, 0.15) is 58.2 Å². The van der Waals surface area contributed by atoms with Crippen molar-refractivity contribution >= 4 is 10.0 Å². The zero-order valence-electron chi connectivity index (χ0n) is 19.7. The van der Waals surface area contributed by atoms with Gasteiger partial charge >= 0.3 is 0 Å². The first-order chi connectivity index (χ1) is 15.0. The van der Waals surface area contributed by atoms with Gasteiger partial charge in [-0.15, -0.1) is 0 Å². The van der Waals surface area contributed by atoms with E-state index in [2.05, 4.69) is 49.5 Å². The van der Waals surface area contributed by atoms with E-state index in [0.717, 1.165) is 24.2 Å². The Morgan fingerprint density at radius 2 is 1.88 bits per heavy atom. The Kier molecular flexibility index (Phi) is 6.31. The molecule has 2 fully saturated rings. The molecule has 0 radical (unpaired) electrons. The summed E-state index contributed by atoms with van der Waals surface area (Å²) in [7, 11) is -3.53. The zero-order valence-corrected chi connectivity index (χ0v) is 20.5. The quantitative estimate of drug-likeness (QED) is 0.683. The Labute approximate surface area is 191 Å². The molecule has 0 spiro atoms. The van der Waals surface area contributed by atoms with Gasteiger partial charge in [0, 0.05) is 38.6 Å². The normalized spacial score (nSPS) is 22.8. The maximum Gasteiger partial charge on any atom is 0.243 e. The molecule has 8 heteroatoms. The minimum Gasteiger partial charge on any atom is -0.472 e. The van der Waals surface area contributed by atoms with Crippen LogP contribution in [-0.2, 0) is 15.4 Å². The van der Waals surface area contributed by atoms with Gasteiger partial charge in [-0.05, 0) is 29.0 Å². The van der Waals surface area contributed by atoms with E-state index in [1.54, 1.807) is 22.8 Å². The first kappa shape index (κ1) is 23.1. The molecule has 1 aromatic heterocycles. The van der Waals surface area contributed by atoms with Crippen LogP contribution in [0.3, 0.4) is 0 Å². The second-order valence-electron chi connectivity index (χ2n) is 10.2. The number of ether oxygens (including phenoxy) is 1. The van der Waals surface area contributed by atoms with Crippen molar-refractivity contribution in [1.29, 1.82) is 0 Å². The van der Waals surface area contributed by atoms with E-state index in [-0.39, 0.29) is 17.6 Å². The molecule has 0 aliphatic carbocycles. The van der Waals surface area contributed by atoms with Crippen LogP contribution in [0.25, 0.3) is 0 Å². The van der Waals surface area contributed by atoms with Crippen molar-refractivity contribution in [3.8, 4) is 5.88 Å². The van der Waals surface area contributed by atoms with Crippen molar-refractivity contribution in [2.75, 3.05) is 26.2 Å². The lowest BCUT2D eigenvalue weighted by atomic mass is 9.87. The number of hydrogen-bond donors (Lipinski definition) is 0. The van der Waals surface area contributed by atoms with Crippen molar-refractivity contribution in [2.24, 2.45) is 0 Å². The van der Waals surface area contributed by atoms with E-state index < -0.39 is 10.0 Å². The number of nitrogens with zero attached hydrogens (tertiary/aromatic N) is 4. The highest BCUT2D eigenvalue weighted by Crippen LogP contribution is 2.30. The van der Waals surface area contributed by atoms with Gasteiger partial charge in [0.1, 0.15) is 6.10 Å². The van der Waals surface area contributed by atoms with Crippen molar-refractivity contribution in [2.45, 2.75) is 69.4 Å². The summed E-state index contributed by atoms with van der Waals surface area (Å²) in [6.07, 6.45) is 4.22. The van der Waals surface area contributed by atoms with Gasteiger partial charge in [0.15, 0.2) is 0 Å². The third kappa shape index (κ3) is 4.82. The van der Waals surface area contributed by atoms with Crippen LogP contribution >= 0.6 is 0 Å². The fraction of sp³-hybridized carbons (Fsp3) is 0.583. The highest BCUT2D eigenvalue weighted by atomic mass is 32.2. The molecular formula is C24H34N4O3S. The predicted octanol–water partition coefficient (Wildman–Crippen LogP) is 3.42. The van der Waals surface area contributed by atoms with Crippen molar-refractivity contribution in [3.63, 3.8) is 0 Å². The molecule has 174 valence electrons. The Morgan fingerprint density at radius 1 is 1.09 bits per heavy atom. The maximum atomic E-state index is 13.4. The molecule has 7 nitrogen and oxygen atoms in total. The van der Waals surface area contributed by atoms with E-state index in [0.29, 0.717) is 36.3 Å². The maximum absolute atomic E-state index is 13.4. The van der Waals surface area contributed by atoms with Crippen LogP contribution in [0.4, 0.5) is 0 Å². The minimum atomic E-state index is -3.53. The summed E-state index contributed by atoms with van der Waals surface area (Å²) in [5, 5.41) is 0. The Hall–Kier alpha value is -2.03. The van der Waals surface area contributed by atoms with Gasteiger partial charge in [-0.25, -0.2) is 13.4 Å². The first-order valence-corrected chi connectivity index (χ1v) is 12.8. The molecule has 2 aliphatic heterocycles. The molecular weight excluding hydrogens is 424 g/mol. The molecule has 0 unspecified atom stereocenters. The molecule has 4 rings (SSSR count). The fourth-order valence-corrected chi connectivity index (χ4v) is 5.91. The molecule has 2 aliphatic rings. The number of sulfonamides is 1. The fourth-order valence-electron chi connectivity index (χ4n) is 4.40. The van der Waals surface area contributed by atoms with Gasteiger partial charge in [-0.2, -0.15) is 4.31 Å². The van der Waals surface area contributed by atoms with Gasteiger partial charge in [0.2, 0.25) is 15.9 Å². The Balaban J connectivity index is 1.42. The smallest absolute Gasteiger partial charge is 0.243 e. The number of piperazine rings is 1. The van der Waals surface area contributed by atoms with E-state index in [1.807, 2.05) is 18.2 Å². The summed E-state index contributed by atoms with van der Waals surface area (Å²) >= 11 is 0. The van der Waals surface area contributed by atoms with Gasteiger partial charge in [0.25, 0.3) is 0 Å². The predicted molar refractivity (Wildman–Crippen MR) is 124 cm³/mol. The topological polar surface area (TPSA) is 75.6 Å². The molecule has 1 aromatic carbocycles. The second-order valence-corrected chi connectivity index (χ2v) is 12.1. The van der Waals surface area contributed by atoms with E-state index in [9.17, 15) is 8.42 Å². The van der Waals surface area contributed by atoms with Crippen LogP contribution in [-0.4, -0.2) is 65.9 Å². The molecule has 2 atom stereocenters. The summed E-state index contributed by atoms with van der Waals surface area (Å²) in [6, 6.07) is 7.51. The third-order valence-corrected chi connectivity index (χ3v) is 8.27. The van der Waals surface area contributed by atoms with Gasteiger partial charge < -0.3 is 4.74 Å². The zero-order chi connectivity index (χ0) is 23.1. The number of rotatable bonds is 5. The third-order valence-electron chi connectivity index (χ3n) is 6.41. The number of benzene rings is 1. The van der Waals surface area contributed by atoms with Gasteiger partial charge in [0.05, 0.1) is 23.0 Å². The molecule has 2 saturated heterocycles. The first-order valence-electron chi connectivity index (χ1n) is 11.4. The monoisotopic (exact) mass is 458 g/mol. The summed E-state index contributed by atoms with van der Waals surface area (Å²) < 4.78 is 34.5. The molecule has 3 heterocycles. The van der Waals surface area contributed by atoms with Crippen LogP contribution in [0.15, 0.2) is 41.6 Å². The Bertz CT molecular complexity index is 1050. The molecule has 0 bridgehead atoms. The molecule has 0 amide bonds. The molecule has 2 aromatic rings. The summed E-state index contributed by atoms with van der Waals surface area (Å²) in [5.74, 6) is 0.858. The largest absolute Gasteiger partial charge is 0.472 e. The number of fused-ring (bicyclic) bond motifs is 1. The summed E-state index contributed by atoms with van der Waals surface area (Å²) in [6.45, 7) is 12.9. The van der Waals surface area contributed by atoms with Crippen LogP contribution in [0, 0.1) is 0 Å². The highest BCUT2D eigenvalue weighted by molar-refractivity contribution is 7.89. The number of hydrogen-bond acceptors (Lipinski definition) is 6. The van der Waals surface area contributed by atoms with Crippen molar-refractivity contribution in [1.82, 2.24) is 19.2 Å². The lowest BCUT2D eigenvalue weighted by Crippen LogP contribution is -2.51. The molecule has 0 N–H and O–H groups in total. The van der Waals surface area contributed by atoms with Gasteiger partial charge in [-0.3, -0.25) is 9.88 Å². The van der Waals surface area contributed by atoms with Crippen molar-refractivity contribution in [3.05, 3.63) is 47.9 Å². The van der Waals surface area contributed by atoms with Crippen LogP contribution in [0.2, 0.25) is 0 Å². The SMILES string of the molecule is CC(C)c1cnc(O[C@H]2C[C@H]3CN(S(=O)(=O)c4cccc(C(C)(C)C)c4)CCN3C2)cn1. The van der Waals surface area contributed by atoms with Crippen LogP contribution < -0.4 is 4.74 Å². The second kappa shape index (κ2) is 8.72. The highest BCUT2D eigenvalue weighted by Gasteiger charge is 2.41.